The molecular formula is C9H15N2O2. The SMILES string of the molecule is CCOCCOCCc1n[c]c[nH]1. The Kier molecular flexibility index (Phi) is 5.20. The molecule has 0 fully saturated rings. The predicted molar refractivity (Wildman–Crippen MR) is 48.4 cm³/mol. The topological polar surface area (TPSA) is 47.1 Å². The number of nitrogens with one attached hydrogen (secondary N) is 1. The molecule has 0 atom stereocenters. The molecule has 1 N–H and O–H groups in total. The van der Waals surface area contributed by atoms with Crippen molar-refractivity contribution in [1.29, 1.82) is 0 Å². The molecule has 0 aliphatic rings. The molecule has 0 aliphatic carbocycles. The van der Waals surface area contributed by atoms with E-state index in [1.807, 2.05) is 6.92 Å². The molecule has 1 heterocycles. The number of imidazole rings is 1. The summed E-state index contributed by atoms with van der Waals surface area (Å²) in [6.45, 7) is 4.71. The minimum atomic E-state index is 0.651. The first-order valence-electron chi connectivity index (χ1n) is 4.49. The summed E-state index contributed by atoms with van der Waals surface area (Å²) in [5.41, 5.74) is 0. The molecule has 13 heavy (non-hydrogen) atoms. The van der Waals surface area contributed by atoms with Crippen LogP contribution in [-0.2, 0) is 15.9 Å². The van der Waals surface area contributed by atoms with Gasteiger partial charge in [0, 0.05) is 19.2 Å². The smallest absolute Gasteiger partial charge is 0.109 e. The second-order valence-corrected chi connectivity index (χ2v) is 2.54. The predicted octanol–water partition coefficient (Wildman–Crippen LogP) is 0.805. The standard InChI is InChI=1S/C9H15N2O2/c1-2-12-7-8-13-6-3-9-10-4-5-11-9/h4H,2-3,6-8H2,1H3,(H,10,11). The maximum Gasteiger partial charge on any atom is 0.109 e. The van der Waals surface area contributed by atoms with Crippen molar-refractivity contribution in [2.45, 2.75) is 13.3 Å². The van der Waals surface area contributed by atoms with Crippen molar-refractivity contribution in [1.82, 2.24) is 9.97 Å². The Labute approximate surface area is 78.3 Å². The second kappa shape index (κ2) is 6.62. The zero-order valence-corrected chi connectivity index (χ0v) is 7.88. The molecule has 1 aromatic heterocycles. The fraction of sp³-hybridized carbons (Fsp3) is 0.667. The molecule has 0 aromatic carbocycles. The lowest BCUT2D eigenvalue weighted by molar-refractivity contribution is 0.0537. The third-order valence-corrected chi connectivity index (χ3v) is 1.56. The lowest BCUT2D eigenvalue weighted by Crippen LogP contribution is -2.07. The van der Waals surface area contributed by atoms with Crippen LogP contribution in [0.5, 0.6) is 0 Å². The largest absolute Gasteiger partial charge is 0.379 e. The number of H-pyrrole nitrogens is 1. The number of aromatic amines is 1. The Morgan fingerprint density at radius 3 is 2.92 bits per heavy atom. The first-order chi connectivity index (χ1) is 6.43. The monoisotopic (exact) mass is 183 g/mol. The van der Waals surface area contributed by atoms with Crippen LogP contribution in [0.15, 0.2) is 6.20 Å². The van der Waals surface area contributed by atoms with Crippen LogP contribution in [0.3, 0.4) is 0 Å². The highest BCUT2D eigenvalue weighted by atomic mass is 16.5. The van der Waals surface area contributed by atoms with E-state index in [9.17, 15) is 0 Å². The first kappa shape index (κ1) is 10.2. The highest BCUT2D eigenvalue weighted by Gasteiger charge is 1.94. The lowest BCUT2D eigenvalue weighted by atomic mass is 10.4. The summed E-state index contributed by atoms with van der Waals surface area (Å²) >= 11 is 0. The van der Waals surface area contributed by atoms with Crippen molar-refractivity contribution in [2.24, 2.45) is 0 Å². The van der Waals surface area contributed by atoms with Gasteiger partial charge < -0.3 is 14.5 Å². The average Bonchev–Trinajstić information content (AvgIpc) is 2.63. The molecule has 4 nitrogen and oxygen atoms in total. The van der Waals surface area contributed by atoms with Crippen LogP contribution in [0.2, 0.25) is 0 Å². The average molecular weight is 183 g/mol. The summed E-state index contributed by atoms with van der Waals surface area (Å²) in [6, 6.07) is 0. The molecule has 1 rings (SSSR count). The van der Waals surface area contributed by atoms with E-state index < -0.39 is 0 Å². The highest BCUT2D eigenvalue weighted by Crippen LogP contribution is 1.90. The van der Waals surface area contributed by atoms with E-state index in [4.69, 9.17) is 9.47 Å². The van der Waals surface area contributed by atoms with Gasteiger partial charge in [-0.05, 0) is 6.92 Å². The molecule has 0 spiro atoms. The van der Waals surface area contributed by atoms with Gasteiger partial charge in [-0.15, -0.1) is 0 Å². The lowest BCUT2D eigenvalue weighted by Gasteiger charge is -2.02. The van der Waals surface area contributed by atoms with E-state index in [0.717, 1.165) is 18.9 Å². The van der Waals surface area contributed by atoms with Crippen LogP contribution >= 0.6 is 0 Å². The van der Waals surface area contributed by atoms with E-state index >= 15 is 0 Å². The number of rotatable bonds is 7. The molecule has 0 aliphatic heterocycles. The molecule has 1 aromatic rings. The Hall–Kier alpha value is -0.870. The van der Waals surface area contributed by atoms with Crippen molar-refractivity contribution in [3.8, 4) is 0 Å². The zero-order valence-electron chi connectivity index (χ0n) is 7.88. The normalized spacial score (nSPS) is 10.5. The highest BCUT2D eigenvalue weighted by molar-refractivity contribution is 4.85. The fourth-order valence-electron chi connectivity index (χ4n) is 0.919. The summed E-state index contributed by atoms with van der Waals surface area (Å²) in [4.78, 5) is 6.92. The maximum absolute atomic E-state index is 5.31. The molecule has 0 unspecified atom stereocenters. The minimum absolute atomic E-state index is 0.651. The third kappa shape index (κ3) is 4.65. The molecule has 0 saturated heterocycles. The van der Waals surface area contributed by atoms with Gasteiger partial charge in [-0.25, -0.2) is 4.98 Å². The van der Waals surface area contributed by atoms with Gasteiger partial charge in [0.1, 0.15) is 12.0 Å². The Bertz CT molecular complexity index is 199. The van der Waals surface area contributed by atoms with Gasteiger partial charge in [-0.2, -0.15) is 0 Å². The Morgan fingerprint density at radius 2 is 2.23 bits per heavy atom. The number of hydrogen-bond acceptors (Lipinski definition) is 3. The van der Waals surface area contributed by atoms with Gasteiger partial charge in [0.15, 0.2) is 0 Å². The van der Waals surface area contributed by atoms with Crippen LogP contribution in [-0.4, -0.2) is 36.4 Å². The number of hydrogen-bond donors (Lipinski definition) is 1. The van der Waals surface area contributed by atoms with E-state index in [1.165, 1.54) is 0 Å². The van der Waals surface area contributed by atoms with Crippen molar-refractivity contribution < 1.29 is 9.47 Å². The second-order valence-electron chi connectivity index (χ2n) is 2.54. The van der Waals surface area contributed by atoms with Gasteiger partial charge in [0.25, 0.3) is 0 Å². The van der Waals surface area contributed by atoms with E-state index in [-0.39, 0.29) is 0 Å². The fourth-order valence-corrected chi connectivity index (χ4v) is 0.919. The minimum Gasteiger partial charge on any atom is -0.379 e. The van der Waals surface area contributed by atoms with Gasteiger partial charge in [0.05, 0.1) is 19.8 Å². The molecule has 73 valence electrons. The van der Waals surface area contributed by atoms with Gasteiger partial charge in [-0.3, -0.25) is 0 Å². The molecule has 1 radical (unpaired) electrons. The van der Waals surface area contributed by atoms with Crippen LogP contribution < -0.4 is 0 Å². The third-order valence-electron chi connectivity index (χ3n) is 1.56. The zero-order chi connectivity index (χ0) is 9.36. The van der Waals surface area contributed by atoms with Crippen LogP contribution in [0.25, 0.3) is 0 Å². The molecule has 0 saturated carbocycles. The van der Waals surface area contributed by atoms with Crippen molar-refractivity contribution in [2.75, 3.05) is 26.4 Å². The molecular weight excluding hydrogens is 168 g/mol. The first-order valence-corrected chi connectivity index (χ1v) is 4.49. The van der Waals surface area contributed by atoms with Crippen LogP contribution in [0.4, 0.5) is 0 Å². The van der Waals surface area contributed by atoms with Crippen LogP contribution in [0.1, 0.15) is 12.7 Å². The number of aromatic nitrogens is 2. The Balaban J connectivity index is 1.90. The van der Waals surface area contributed by atoms with E-state index in [2.05, 4.69) is 16.2 Å². The van der Waals surface area contributed by atoms with E-state index in [1.54, 1.807) is 6.20 Å². The summed E-state index contributed by atoms with van der Waals surface area (Å²) in [6.07, 6.45) is 5.20. The molecule has 0 bridgehead atoms. The quantitative estimate of drug-likeness (QED) is 0.636. The summed E-state index contributed by atoms with van der Waals surface area (Å²) in [7, 11) is 0. The number of ether oxygens (including phenoxy) is 2. The van der Waals surface area contributed by atoms with Crippen molar-refractivity contribution >= 4 is 0 Å². The van der Waals surface area contributed by atoms with E-state index in [0.29, 0.717) is 19.8 Å². The molecule has 0 amide bonds. The Morgan fingerprint density at radius 1 is 1.38 bits per heavy atom. The van der Waals surface area contributed by atoms with Crippen LogP contribution in [0, 0.1) is 6.20 Å². The molecule has 4 heteroatoms. The van der Waals surface area contributed by atoms with Crippen molar-refractivity contribution in [3.63, 3.8) is 0 Å². The summed E-state index contributed by atoms with van der Waals surface area (Å²) < 4.78 is 10.4. The van der Waals surface area contributed by atoms with Gasteiger partial charge in [0.2, 0.25) is 0 Å². The summed E-state index contributed by atoms with van der Waals surface area (Å²) in [5, 5.41) is 0. The summed E-state index contributed by atoms with van der Waals surface area (Å²) in [5.74, 6) is 0.913. The maximum atomic E-state index is 5.31. The van der Waals surface area contributed by atoms with Gasteiger partial charge >= 0.3 is 0 Å². The van der Waals surface area contributed by atoms with Crippen molar-refractivity contribution in [3.05, 3.63) is 18.2 Å². The number of nitrogens with zero attached hydrogens (tertiary/aromatic N) is 1. The van der Waals surface area contributed by atoms with Gasteiger partial charge in [-0.1, -0.05) is 0 Å².